The van der Waals surface area contributed by atoms with Crippen LogP contribution in [0.2, 0.25) is 0 Å². The minimum Gasteiger partial charge on any atom is -0.465 e. The van der Waals surface area contributed by atoms with Gasteiger partial charge in [-0.25, -0.2) is 14.7 Å². The topological polar surface area (TPSA) is 70.5 Å². The molecule has 100 valence electrons. The van der Waals surface area contributed by atoms with Crippen LogP contribution in [-0.4, -0.2) is 28.0 Å². The van der Waals surface area contributed by atoms with E-state index in [1.807, 2.05) is 6.07 Å². The van der Waals surface area contributed by atoms with Crippen LogP contribution in [0.15, 0.2) is 18.2 Å². The fraction of sp³-hybridized carbons (Fsp3) is 0.308. The Balaban J connectivity index is 2.62. The van der Waals surface area contributed by atoms with E-state index < -0.39 is 11.6 Å². The van der Waals surface area contributed by atoms with Crippen LogP contribution in [-0.2, 0) is 0 Å². The number of rotatable bonds is 2. The lowest BCUT2D eigenvalue weighted by atomic mass is 10.1. The molecule has 0 saturated heterocycles. The van der Waals surface area contributed by atoms with E-state index in [-0.39, 0.29) is 0 Å². The molecule has 6 heteroatoms. The molecule has 1 aromatic heterocycles. The van der Waals surface area contributed by atoms with E-state index in [0.29, 0.717) is 16.2 Å². The molecule has 0 unspecified atom stereocenters. The van der Waals surface area contributed by atoms with E-state index in [0.717, 1.165) is 11.0 Å². The Morgan fingerprint density at radius 2 is 2.11 bits per heavy atom. The number of hydrogen-bond acceptors (Lipinski definition) is 4. The van der Waals surface area contributed by atoms with Gasteiger partial charge in [0.25, 0.3) is 0 Å². The van der Waals surface area contributed by atoms with Crippen LogP contribution < -0.4 is 4.90 Å². The van der Waals surface area contributed by atoms with Gasteiger partial charge in [0.05, 0.1) is 10.2 Å². The summed E-state index contributed by atoms with van der Waals surface area (Å²) >= 11 is 1.27. The van der Waals surface area contributed by atoms with Crippen LogP contribution in [0.3, 0.4) is 0 Å². The fourth-order valence-electron chi connectivity index (χ4n) is 1.80. The Morgan fingerprint density at radius 1 is 1.42 bits per heavy atom. The van der Waals surface area contributed by atoms with Crippen molar-refractivity contribution in [2.45, 2.75) is 26.3 Å². The predicted molar refractivity (Wildman–Crippen MR) is 75.3 cm³/mol. The summed E-state index contributed by atoms with van der Waals surface area (Å²) in [5.74, 6) is 0. The maximum atomic E-state index is 11.4. The zero-order valence-corrected chi connectivity index (χ0v) is 11.7. The second-order valence-corrected chi connectivity index (χ2v) is 6.11. The zero-order chi connectivity index (χ0) is 14.2. The Labute approximate surface area is 114 Å². The molecule has 0 radical (unpaired) electrons. The molecule has 0 aliphatic carbocycles. The normalized spacial score (nSPS) is 11.5. The van der Waals surface area contributed by atoms with Crippen molar-refractivity contribution in [3.8, 4) is 0 Å². The molecule has 2 aromatic rings. The average Bonchev–Trinajstić information content (AvgIpc) is 2.68. The van der Waals surface area contributed by atoms with Crippen molar-refractivity contribution in [2.75, 3.05) is 4.90 Å². The number of amides is 1. The molecule has 0 saturated carbocycles. The van der Waals surface area contributed by atoms with Gasteiger partial charge < -0.3 is 5.11 Å². The number of para-hydroxylation sites is 1. The Hall–Kier alpha value is -1.95. The number of carbonyl (C=O) groups is 2. The van der Waals surface area contributed by atoms with Gasteiger partial charge in [0.1, 0.15) is 0 Å². The van der Waals surface area contributed by atoms with E-state index >= 15 is 0 Å². The molecule has 2 rings (SSSR count). The SMILES string of the molecule is CC(C)(C)N(C(=O)O)c1nc2c(C=O)cccc2s1. The molecule has 1 amide bonds. The molecule has 19 heavy (non-hydrogen) atoms. The van der Waals surface area contributed by atoms with E-state index in [9.17, 15) is 14.7 Å². The van der Waals surface area contributed by atoms with Crippen molar-refractivity contribution in [3.05, 3.63) is 23.8 Å². The van der Waals surface area contributed by atoms with Gasteiger partial charge in [-0.05, 0) is 32.9 Å². The first-order valence-electron chi connectivity index (χ1n) is 5.72. The lowest BCUT2D eigenvalue weighted by Crippen LogP contribution is -2.45. The lowest BCUT2D eigenvalue weighted by Gasteiger charge is -2.30. The summed E-state index contributed by atoms with van der Waals surface area (Å²) in [7, 11) is 0. The number of fused-ring (bicyclic) bond motifs is 1. The summed E-state index contributed by atoms with van der Waals surface area (Å²) in [6.07, 6.45) is -0.326. The summed E-state index contributed by atoms with van der Waals surface area (Å²) in [4.78, 5) is 27.9. The van der Waals surface area contributed by atoms with E-state index in [1.54, 1.807) is 32.9 Å². The molecule has 0 atom stereocenters. The molecular formula is C13H14N2O3S. The number of carboxylic acid groups (broad SMARTS) is 1. The van der Waals surface area contributed by atoms with Crippen molar-refractivity contribution in [2.24, 2.45) is 0 Å². The number of hydrogen-bond donors (Lipinski definition) is 1. The second-order valence-electron chi connectivity index (χ2n) is 5.10. The van der Waals surface area contributed by atoms with Gasteiger partial charge >= 0.3 is 6.09 Å². The number of anilines is 1. The van der Waals surface area contributed by atoms with Gasteiger partial charge in [-0.3, -0.25) is 4.79 Å². The maximum absolute atomic E-state index is 11.4. The van der Waals surface area contributed by atoms with Gasteiger partial charge in [0.2, 0.25) is 0 Å². The third-order valence-electron chi connectivity index (χ3n) is 2.62. The number of thiazole rings is 1. The molecule has 1 N–H and O–H groups in total. The van der Waals surface area contributed by atoms with Crippen LogP contribution >= 0.6 is 11.3 Å². The highest BCUT2D eigenvalue weighted by Crippen LogP contribution is 2.33. The van der Waals surface area contributed by atoms with Crippen molar-refractivity contribution in [3.63, 3.8) is 0 Å². The Bertz CT molecular complexity index is 643. The monoisotopic (exact) mass is 278 g/mol. The van der Waals surface area contributed by atoms with E-state index in [1.165, 1.54) is 16.2 Å². The first-order chi connectivity index (χ1) is 8.84. The number of benzene rings is 1. The van der Waals surface area contributed by atoms with Gasteiger partial charge in [0, 0.05) is 11.1 Å². The standard InChI is InChI=1S/C13H14N2O3S/c1-13(2,3)15(12(17)18)11-14-10-8(7-16)5-4-6-9(10)19-11/h4-7H,1-3H3,(H,17,18). The van der Waals surface area contributed by atoms with Gasteiger partial charge in [-0.15, -0.1) is 0 Å². The Kier molecular flexibility index (Phi) is 3.28. The van der Waals surface area contributed by atoms with Crippen molar-refractivity contribution >= 4 is 39.1 Å². The fourth-order valence-corrected chi connectivity index (χ4v) is 2.99. The highest BCUT2D eigenvalue weighted by Gasteiger charge is 2.30. The highest BCUT2D eigenvalue weighted by molar-refractivity contribution is 7.22. The van der Waals surface area contributed by atoms with Crippen molar-refractivity contribution in [1.29, 1.82) is 0 Å². The Morgan fingerprint density at radius 3 is 2.63 bits per heavy atom. The zero-order valence-electron chi connectivity index (χ0n) is 10.9. The van der Waals surface area contributed by atoms with Gasteiger partial charge in [-0.2, -0.15) is 0 Å². The predicted octanol–water partition coefficient (Wildman–Crippen LogP) is 3.39. The second kappa shape index (κ2) is 4.62. The molecule has 0 aliphatic rings. The van der Waals surface area contributed by atoms with Crippen LogP contribution in [0, 0.1) is 0 Å². The first-order valence-corrected chi connectivity index (χ1v) is 6.54. The highest BCUT2D eigenvalue weighted by atomic mass is 32.1. The summed E-state index contributed by atoms with van der Waals surface area (Å²) in [6, 6.07) is 5.25. The number of carbonyl (C=O) groups excluding carboxylic acids is 1. The van der Waals surface area contributed by atoms with Crippen LogP contribution in [0.4, 0.5) is 9.93 Å². The average molecular weight is 278 g/mol. The van der Waals surface area contributed by atoms with Crippen molar-refractivity contribution < 1.29 is 14.7 Å². The van der Waals surface area contributed by atoms with E-state index in [4.69, 9.17) is 0 Å². The van der Waals surface area contributed by atoms with Gasteiger partial charge in [0.15, 0.2) is 11.4 Å². The molecule has 0 aliphatic heterocycles. The van der Waals surface area contributed by atoms with Crippen LogP contribution in [0.5, 0.6) is 0 Å². The summed E-state index contributed by atoms with van der Waals surface area (Å²) < 4.78 is 0.801. The number of aromatic nitrogens is 1. The smallest absolute Gasteiger partial charge is 0.414 e. The van der Waals surface area contributed by atoms with Crippen LogP contribution in [0.25, 0.3) is 10.2 Å². The summed E-state index contributed by atoms with van der Waals surface area (Å²) in [5.41, 5.74) is 0.424. The molecule has 1 heterocycles. The summed E-state index contributed by atoms with van der Waals surface area (Å²) in [6.45, 7) is 5.40. The van der Waals surface area contributed by atoms with Gasteiger partial charge in [-0.1, -0.05) is 17.4 Å². The molecule has 0 bridgehead atoms. The molecule has 1 aromatic carbocycles. The summed E-state index contributed by atoms with van der Waals surface area (Å²) in [5, 5.41) is 9.72. The minimum absolute atomic E-state index is 0.379. The minimum atomic E-state index is -1.06. The number of aldehydes is 1. The third kappa shape index (κ3) is 2.44. The molecule has 5 nitrogen and oxygen atoms in total. The molecule has 0 spiro atoms. The van der Waals surface area contributed by atoms with Crippen LogP contribution in [0.1, 0.15) is 31.1 Å². The largest absolute Gasteiger partial charge is 0.465 e. The van der Waals surface area contributed by atoms with E-state index in [2.05, 4.69) is 4.98 Å². The van der Waals surface area contributed by atoms with Crippen molar-refractivity contribution in [1.82, 2.24) is 4.98 Å². The molecular weight excluding hydrogens is 264 g/mol. The quantitative estimate of drug-likeness (QED) is 0.855. The lowest BCUT2D eigenvalue weighted by molar-refractivity contribution is 0.112. The first kappa shape index (κ1) is 13.5. The third-order valence-corrected chi connectivity index (χ3v) is 3.63. The maximum Gasteiger partial charge on any atom is 0.414 e. The molecule has 0 fully saturated rings. The number of nitrogens with zero attached hydrogens (tertiary/aromatic N) is 2.